The molecule has 41 valence electrons. The van der Waals surface area contributed by atoms with Gasteiger partial charge in [0, 0.05) is 0 Å². The number of nitrogens with zero attached hydrogens (tertiary/aromatic N) is 2. The summed E-state index contributed by atoms with van der Waals surface area (Å²) in [4.78, 5) is 6.64. The molecule has 0 bridgehead atoms. The Morgan fingerprint density at radius 1 is 1.75 bits per heavy atom. The predicted octanol–water partition coefficient (Wildman–Crippen LogP) is 1.18. The summed E-state index contributed by atoms with van der Waals surface area (Å²) in [6, 6.07) is 0. The zero-order chi connectivity index (χ0) is 5.98. The fourth-order valence-electron chi connectivity index (χ4n) is 0.268. The van der Waals surface area contributed by atoms with Crippen LogP contribution < -0.4 is 0 Å². The zero-order valence-corrected chi connectivity index (χ0v) is 5.31. The molecule has 0 unspecified atom stereocenters. The van der Waals surface area contributed by atoms with Crippen LogP contribution in [0.4, 0.5) is 4.39 Å². The molecule has 8 heavy (non-hydrogen) atoms. The second-order valence-electron chi connectivity index (χ2n) is 1.09. The van der Waals surface area contributed by atoms with Crippen molar-refractivity contribution < 1.29 is 4.39 Å². The van der Waals surface area contributed by atoms with Crippen LogP contribution in [0.2, 0.25) is 0 Å². The lowest BCUT2D eigenvalue weighted by molar-refractivity contribution is 0.571. The maximum atomic E-state index is 12.1. The molecule has 1 aromatic rings. The number of aromatic nitrogens is 2. The molecule has 0 aliphatic rings. The van der Waals surface area contributed by atoms with Gasteiger partial charge in [-0.05, 0) is 15.9 Å². The molecular formula is C4HBrFN2. The molecule has 0 aromatic carbocycles. The van der Waals surface area contributed by atoms with Gasteiger partial charge in [-0.1, -0.05) is 0 Å². The first-order chi connectivity index (χ1) is 3.80. The smallest absolute Gasteiger partial charge is 0.230 e. The van der Waals surface area contributed by atoms with Crippen LogP contribution in [0.15, 0.2) is 10.8 Å². The minimum absolute atomic E-state index is 0.167. The fourth-order valence-corrected chi connectivity index (χ4v) is 0.473. The topological polar surface area (TPSA) is 25.8 Å². The van der Waals surface area contributed by atoms with Crippen LogP contribution >= 0.6 is 15.9 Å². The molecule has 1 heterocycles. The van der Waals surface area contributed by atoms with E-state index in [0.717, 1.165) is 6.33 Å². The summed E-state index contributed by atoms with van der Waals surface area (Å²) in [6.45, 7) is 0. The molecular weight excluding hydrogens is 175 g/mol. The van der Waals surface area contributed by atoms with Gasteiger partial charge in [0.1, 0.15) is 17.0 Å². The lowest BCUT2D eigenvalue weighted by atomic mass is 10.7. The van der Waals surface area contributed by atoms with Crippen molar-refractivity contribution in [2.75, 3.05) is 0 Å². The summed E-state index contributed by atoms with van der Waals surface area (Å²) in [7, 11) is 0. The summed E-state index contributed by atoms with van der Waals surface area (Å²) in [5.74, 6) is -0.583. The second-order valence-corrected chi connectivity index (χ2v) is 1.88. The summed E-state index contributed by atoms with van der Waals surface area (Å²) >= 11 is 2.84. The van der Waals surface area contributed by atoms with Gasteiger partial charge in [0.25, 0.3) is 0 Å². The molecule has 0 atom stereocenters. The van der Waals surface area contributed by atoms with Crippen LogP contribution in [0.1, 0.15) is 0 Å². The summed E-state index contributed by atoms with van der Waals surface area (Å²) in [5, 5.41) is 0. The molecule has 0 N–H and O–H groups in total. The van der Waals surface area contributed by atoms with Gasteiger partial charge >= 0.3 is 0 Å². The first-order valence-corrected chi connectivity index (χ1v) is 2.63. The van der Waals surface area contributed by atoms with E-state index in [1.807, 2.05) is 0 Å². The SMILES string of the molecule is Fc1ncn[c]c1Br. The van der Waals surface area contributed by atoms with Gasteiger partial charge in [0.2, 0.25) is 5.95 Å². The summed E-state index contributed by atoms with van der Waals surface area (Å²) in [5.41, 5.74) is 0. The third-order valence-corrected chi connectivity index (χ3v) is 1.08. The molecule has 4 heteroatoms. The Kier molecular flexibility index (Phi) is 1.53. The highest BCUT2D eigenvalue weighted by molar-refractivity contribution is 9.10. The first-order valence-electron chi connectivity index (χ1n) is 1.84. The minimum atomic E-state index is -0.583. The minimum Gasteiger partial charge on any atom is -0.233 e. The largest absolute Gasteiger partial charge is 0.233 e. The van der Waals surface area contributed by atoms with E-state index in [9.17, 15) is 4.39 Å². The molecule has 0 amide bonds. The number of hydrogen-bond donors (Lipinski definition) is 0. The molecule has 0 fully saturated rings. The maximum Gasteiger partial charge on any atom is 0.230 e. The van der Waals surface area contributed by atoms with Crippen molar-refractivity contribution in [2.24, 2.45) is 0 Å². The van der Waals surface area contributed by atoms with Crippen molar-refractivity contribution in [1.29, 1.82) is 0 Å². The van der Waals surface area contributed by atoms with E-state index >= 15 is 0 Å². The van der Waals surface area contributed by atoms with Gasteiger partial charge in [-0.2, -0.15) is 4.39 Å². The summed E-state index contributed by atoms with van der Waals surface area (Å²) in [6.07, 6.45) is 3.43. The van der Waals surface area contributed by atoms with Gasteiger partial charge in [0.05, 0.1) is 0 Å². The highest BCUT2D eigenvalue weighted by Crippen LogP contribution is 2.07. The lowest BCUT2D eigenvalue weighted by Crippen LogP contribution is -1.83. The molecule has 1 aromatic heterocycles. The third kappa shape index (κ3) is 1.01. The van der Waals surface area contributed by atoms with Crippen molar-refractivity contribution in [1.82, 2.24) is 9.97 Å². The van der Waals surface area contributed by atoms with Crippen molar-refractivity contribution in [3.8, 4) is 0 Å². The molecule has 0 saturated carbocycles. The van der Waals surface area contributed by atoms with Crippen LogP contribution in [0.3, 0.4) is 0 Å². The van der Waals surface area contributed by atoms with Gasteiger partial charge in [-0.25, -0.2) is 9.97 Å². The first kappa shape index (κ1) is 5.62. The Morgan fingerprint density at radius 3 is 2.88 bits per heavy atom. The average molecular weight is 176 g/mol. The third-order valence-electron chi connectivity index (χ3n) is 0.573. The quantitative estimate of drug-likeness (QED) is 0.554. The Morgan fingerprint density at radius 2 is 2.50 bits per heavy atom. The Labute approximate surface area is 53.9 Å². The normalized spacial score (nSPS) is 9.25. The maximum absolute atomic E-state index is 12.1. The van der Waals surface area contributed by atoms with Gasteiger partial charge in [0.15, 0.2) is 0 Å². The Bertz CT molecular complexity index is 170. The zero-order valence-electron chi connectivity index (χ0n) is 3.73. The van der Waals surface area contributed by atoms with E-state index in [1.54, 1.807) is 0 Å². The summed E-state index contributed by atoms with van der Waals surface area (Å²) < 4.78 is 12.3. The molecule has 1 rings (SSSR count). The molecule has 1 radical (unpaired) electrons. The van der Waals surface area contributed by atoms with E-state index in [0.29, 0.717) is 0 Å². The average Bonchev–Trinajstić information content (AvgIpc) is 1.77. The Balaban J connectivity index is 3.13. The number of halogens is 2. The highest BCUT2D eigenvalue weighted by atomic mass is 79.9. The van der Waals surface area contributed by atoms with Crippen molar-refractivity contribution in [3.05, 3.63) is 22.9 Å². The molecule has 0 saturated heterocycles. The van der Waals surface area contributed by atoms with Crippen LogP contribution in [0.5, 0.6) is 0 Å². The fraction of sp³-hybridized carbons (Fsp3) is 0. The van der Waals surface area contributed by atoms with Gasteiger partial charge in [-0.15, -0.1) is 0 Å². The number of hydrogen-bond acceptors (Lipinski definition) is 2. The predicted molar refractivity (Wildman–Crippen MR) is 28.5 cm³/mol. The number of rotatable bonds is 0. The molecule has 0 spiro atoms. The standard InChI is InChI=1S/C4HBrFN2/c5-3-1-7-2-8-4(3)6/h2H. The van der Waals surface area contributed by atoms with Crippen molar-refractivity contribution >= 4 is 15.9 Å². The van der Waals surface area contributed by atoms with E-state index in [2.05, 4.69) is 32.1 Å². The van der Waals surface area contributed by atoms with E-state index in [-0.39, 0.29) is 4.47 Å². The second kappa shape index (κ2) is 2.17. The Hall–Kier alpha value is -0.510. The molecule has 2 nitrogen and oxygen atoms in total. The van der Waals surface area contributed by atoms with Crippen LogP contribution in [0, 0.1) is 12.1 Å². The van der Waals surface area contributed by atoms with Gasteiger partial charge in [-0.3, -0.25) is 0 Å². The highest BCUT2D eigenvalue weighted by Gasteiger charge is 1.95. The van der Waals surface area contributed by atoms with Crippen molar-refractivity contribution in [2.45, 2.75) is 0 Å². The van der Waals surface area contributed by atoms with Crippen LogP contribution in [-0.4, -0.2) is 9.97 Å². The molecule has 0 aliphatic carbocycles. The van der Waals surface area contributed by atoms with Gasteiger partial charge < -0.3 is 0 Å². The van der Waals surface area contributed by atoms with Crippen LogP contribution in [-0.2, 0) is 0 Å². The monoisotopic (exact) mass is 175 g/mol. The lowest BCUT2D eigenvalue weighted by Gasteiger charge is -1.84. The molecule has 0 aliphatic heterocycles. The van der Waals surface area contributed by atoms with E-state index < -0.39 is 5.95 Å². The van der Waals surface area contributed by atoms with Crippen LogP contribution in [0.25, 0.3) is 0 Å². The van der Waals surface area contributed by atoms with E-state index in [1.165, 1.54) is 0 Å². The van der Waals surface area contributed by atoms with Crippen molar-refractivity contribution in [3.63, 3.8) is 0 Å². The van der Waals surface area contributed by atoms with E-state index in [4.69, 9.17) is 0 Å².